The summed E-state index contributed by atoms with van der Waals surface area (Å²) in [5.41, 5.74) is -0.544. The fourth-order valence-electron chi connectivity index (χ4n) is 4.31. The Bertz CT molecular complexity index is 378. The minimum absolute atomic E-state index is 0.172. The molecule has 0 aromatic carbocycles. The zero-order valence-electron chi connectivity index (χ0n) is 11.0. The Morgan fingerprint density at radius 2 is 1.94 bits per heavy atom. The van der Waals surface area contributed by atoms with Gasteiger partial charge in [-0.2, -0.15) is 5.26 Å². The topological polar surface area (TPSA) is 52.9 Å². The van der Waals surface area contributed by atoms with Crippen LogP contribution in [0.25, 0.3) is 0 Å². The van der Waals surface area contributed by atoms with Crippen LogP contribution >= 0.6 is 0 Å². The van der Waals surface area contributed by atoms with Crippen molar-refractivity contribution >= 4 is 5.91 Å². The van der Waals surface area contributed by atoms with Gasteiger partial charge in [0.1, 0.15) is 5.54 Å². The Balaban J connectivity index is 1.65. The van der Waals surface area contributed by atoms with Gasteiger partial charge in [-0.3, -0.25) is 4.79 Å². The molecule has 0 saturated heterocycles. The highest BCUT2D eigenvalue weighted by Crippen LogP contribution is 2.48. The first-order chi connectivity index (χ1) is 8.72. The second-order valence-corrected chi connectivity index (χ2v) is 6.53. The normalized spacial score (nSPS) is 37.2. The van der Waals surface area contributed by atoms with Crippen molar-refractivity contribution in [1.29, 1.82) is 5.26 Å². The van der Waals surface area contributed by atoms with Crippen molar-refractivity contribution in [1.82, 2.24) is 5.32 Å². The van der Waals surface area contributed by atoms with E-state index in [4.69, 9.17) is 0 Å². The fourth-order valence-corrected chi connectivity index (χ4v) is 4.31. The monoisotopic (exact) mass is 246 g/mol. The van der Waals surface area contributed by atoms with Crippen molar-refractivity contribution in [2.45, 2.75) is 63.3 Å². The summed E-state index contributed by atoms with van der Waals surface area (Å²) >= 11 is 0. The first-order valence-corrected chi connectivity index (χ1v) is 7.46. The minimum Gasteiger partial charge on any atom is -0.338 e. The molecule has 2 bridgehead atoms. The SMILES string of the molecule is N#CC1(NC(=O)C2CC3CCC2C3)CCCCC1. The summed E-state index contributed by atoms with van der Waals surface area (Å²) in [6.45, 7) is 0. The Morgan fingerprint density at radius 3 is 2.50 bits per heavy atom. The predicted molar refractivity (Wildman–Crippen MR) is 68.5 cm³/mol. The van der Waals surface area contributed by atoms with Crippen LogP contribution in [0.15, 0.2) is 0 Å². The zero-order valence-corrected chi connectivity index (χ0v) is 11.0. The smallest absolute Gasteiger partial charge is 0.224 e. The van der Waals surface area contributed by atoms with E-state index in [9.17, 15) is 10.1 Å². The summed E-state index contributed by atoms with van der Waals surface area (Å²) < 4.78 is 0. The van der Waals surface area contributed by atoms with E-state index >= 15 is 0 Å². The molecule has 0 heterocycles. The first kappa shape index (κ1) is 12.0. The molecule has 3 rings (SSSR count). The third-order valence-corrected chi connectivity index (χ3v) is 5.36. The predicted octanol–water partition coefficient (Wildman–Crippen LogP) is 2.77. The van der Waals surface area contributed by atoms with Gasteiger partial charge in [0.05, 0.1) is 6.07 Å². The average Bonchev–Trinajstić information content (AvgIpc) is 3.02. The third kappa shape index (κ3) is 2.02. The van der Waals surface area contributed by atoms with Crippen molar-refractivity contribution in [3.8, 4) is 6.07 Å². The highest BCUT2D eigenvalue weighted by Gasteiger charge is 2.45. The Labute approximate surface area is 109 Å². The van der Waals surface area contributed by atoms with Crippen molar-refractivity contribution in [2.24, 2.45) is 17.8 Å². The lowest BCUT2D eigenvalue weighted by Gasteiger charge is -2.33. The maximum Gasteiger partial charge on any atom is 0.224 e. The number of nitriles is 1. The van der Waals surface area contributed by atoms with E-state index in [0.717, 1.165) is 38.0 Å². The molecule has 3 aliphatic rings. The van der Waals surface area contributed by atoms with E-state index < -0.39 is 5.54 Å². The van der Waals surface area contributed by atoms with Crippen molar-refractivity contribution in [3.63, 3.8) is 0 Å². The molecule has 3 aliphatic carbocycles. The molecule has 3 fully saturated rings. The molecule has 98 valence electrons. The molecular formula is C15H22N2O. The lowest BCUT2D eigenvalue weighted by atomic mass is 9.81. The van der Waals surface area contributed by atoms with Crippen molar-refractivity contribution in [2.75, 3.05) is 0 Å². The molecule has 0 aliphatic heterocycles. The van der Waals surface area contributed by atoms with E-state index in [2.05, 4.69) is 11.4 Å². The quantitative estimate of drug-likeness (QED) is 0.814. The van der Waals surface area contributed by atoms with E-state index in [1.54, 1.807) is 0 Å². The highest BCUT2D eigenvalue weighted by molar-refractivity contribution is 5.80. The summed E-state index contributed by atoms with van der Waals surface area (Å²) in [6, 6.07) is 2.38. The van der Waals surface area contributed by atoms with E-state index in [0.29, 0.717) is 5.92 Å². The lowest BCUT2D eigenvalue weighted by molar-refractivity contribution is -0.128. The average molecular weight is 246 g/mol. The number of fused-ring (bicyclic) bond motifs is 2. The molecule has 3 nitrogen and oxygen atoms in total. The largest absolute Gasteiger partial charge is 0.338 e. The number of rotatable bonds is 2. The van der Waals surface area contributed by atoms with Crippen LogP contribution in [0.3, 0.4) is 0 Å². The van der Waals surface area contributed by atoms with Gasteiger partial charge < -0.3 is 5.32 Å². The molecule has 1 N–H and O–H groups in total. The van der Waals surface area contributed by atoms with Crippen molar-refractivity contribution < 1.29 is 4.79 Å². The molecule has 3 unspecified atom stereocenters. The van der Waals surface area contributed by atoms with Crippen LogP contribution in [0.1, 0.15) is 57.8 Å². The number of hydrogen-bond acceptors (Lipinski definition) is 2. The van der Waals surface area contributed by atoms with Crippen LogP contribution < -0.4 is 5.32 Å². The zero-order chi connectivity index (χ0) is 12.6. The summed E-state index contributed by atoms with van der Waals surface area (Å²) in [6.07, 6.45) is 9.89. The standard InChI is InChI=1S/C15H22N2O/c16-10-15(6-2-1-3-7-15)17-14(18)13-9-11-4-5-12(13)8-11/h11-13H,1-9H2,(H,17,18). The first-order valence-electron chi connectivity index (χ1n) is 7.46. The van der Waals surface area contributed by atoms with Crippen LogP contribution in [-0.2, 0) is 4.79 Å². The molecular weight excluding hydrogens is 224 g/mol. The number of carbonyl (C=O) groups is 1. The molecule has 0 radical (unpaired) electrons. The number of hydrogen-bond donors (Lipinski definition) is 1. The van der Waals surface area contributed by atoms with E-state index in [1.807, 2.05) is 0 Å². The molecule has 0 spiro atoms. The maximum atomic E-state index is 12.4. The summed E-state index contributed by atoms with van der Waals surface area (Å²) in [7, 11) is 0. The van der Waals surface area contributed by atoms with Crippen LogP contribution in [0, 0.1) is 29.1 Å². The maximum absolute atomic E-state index is 12.4. The van der Waals surface area contributed by atoms with E-state index in [1.165, 1.54) is 25.7 Å². The second kappa shape index (κ2) is 4.57. The molecule has 18 heavy (non-hydrogen) atoms. The second-order valence-electron chi connectivity index (χ2n) is 6.53. The van der Waals surface area contributed by atoms with Gasteiger partial charge in [-0.15, -0.1) is 0 Å². The molecule has 3 atom stereocenters. The number of carbonyl (C=O) groups excluding carboxylic acids is 1. The van der Waals surface area contributed by atoms with Crippen LogP contribution in [-0.4, -0.2) is 11.4 Å². The van der Waals surface area contributed by atoms with Gasteiger partial charge in [0.2, 0.25) is 5.91 Å². The molecule has 3 saturated carbocycles. The molecule has 0 aromatic heterocycles. The van der Waals surface area contributed by atoms with Gasteiger partial charge >= 0.3 is 0 Å². The molecule has 0 aromatic rings. The van der Waals surface area contributed by atoms with Crippen LogP contribution in [0.5, 0.6) is 0 Å². The van der Waals surface area contributed by atoms with Crippen molar-refractivity contribution in [3.05, 3.63) is 0 Å². The number of amides is 1. The van der Waals surface area contributed by atoms with Gasteiger partial charge in [-0.25, -0.2) is 0 Å². The van der Waals surface area contributed by atoms with Gasteiger partial charge in [-0.05, 0) is 43.9 Å². The minimum atomic E-state index is -0.544. The van der Waals surface area contributed by atoms with Gasteiger partial charge in [-0.1, -0.05) is 25.7 Å². The Morgan fingerprint density at radius 1 is 1.17 bits per heavy atom. The fraction of sp³-hybridized carbons (Fsp3) is 0.867. The Hall–Kier alpha value is -1.04. The van der Waals surface area contributed by atoms with Gasteiger partial charge in [0, 0.05) is 5.92 Å². The van der Waals surface area contributed by atoms with Gasteiger partial charge in [0.15, 0.2) is 0 Å². The molecule has 3 heteroatoms. The summed E-state index contributed by atoms with van der Waals surface area (Å²) in [4.78, 5) is 12.4. The van der Waals surface area contributed by atoms with Crippen LogP contribution in [0.4, 0.5) is 0 Å². The summed E-state index contributed by atoms with van der Waals surface area (Å²) in [5.74, 6) is 1.77. The van der Waals surface area contributed by atoms with Gasteiger partial charge in [0.25, 0.3) is 0 Å². The Kier molecular flexibility index (Phi) is 3.05. The number of nitrogens with zero attached hydrogens (tertiary/aromatic N) is 1. The lowest BCUT2D eigenvalue weighted by Crippen LogP contribution is -2.51. The highest BCUT2D eigenvalue weighted by atomic mass is 16.2. The number of nitrogens with one attached hydrogen (secondary N) is 1. The molecule has 1 amide bonds. The summed E-state index contributed by atoms with van der Waals surface area (Å²) in [5, 5.41) is 12.5. The van der Waals surface area contributed by atoms with E-state index in [-0.39, 0.29) is 11.8 Å². The van der Waals surface area contributed by atoms with Crippen LogP contribution in [0.2, 0.25) is 0 Å². The third-order valence-electron chi connectivity index (χ3n) is 5.36.